The Morgan fingerprint density at radius 3 is 2.54 bits per heavy atom. The van der Waals surface area contributed by atoms with Gasteiger partial charge in [0.1, 0.15) is 5.75 Å². The zero-order valence-corrected chi connectivity index (χ0v) is 15.3. The molecule has 2 aromatic rings. The normalized spacial score (nSPS) is 10.4. The van der Waals surface area contributed by atoms with Crippen LogP contribution in [-0.4, -0.2) is 42.9 Å². The van der Waals surface area contributed by atoms with Crippen LogP contribution in [0.15, 0.2) is 18.2 Å². The summed E-state index contributed by atoms with van der Waals surface area (Å²) in [6.07, 6.45) is 0.264. The number of aryl methyl sites for hydroxylation is 2. The highest BCUT2D eigenvalue weighted by Crippen LogP contribution is 2.24. The fraction of sp³-hybridized carbons (Fsp3) is 0.353. The molecular formula is C17H21N3O3S. The van der Waals surface area contributed by atoms with Crippen molar-refractivity contribution in [2.45, 2.75) is 20.3 Å². The maximum atomic E-state index is 12.3. The minimum Gasteiger partial charge on any atom is -0.496 e. The Balaban J connectivity index is 2.17. The lowest BCUT2D eigenvalue weighted by Crippen LogP contribution is -2.22. The second kappa shape index (κ2) is 7.44. The molecule has 2 amide bonds. The van der Waals surface area contributed by atoms with Gasteiger partial charge in [0.05, 0.1) is 29.8 Å². The molecule has 1 aromatic carbocycles. The summed E-state index contributed by atoms with van der Waals surface area (Å²) in [4.78, 5) is 31.2. The molecule has 0 fully saturated rings. The van der Waals surface area contributed by atoms with Crippen LogP contribution in [0.4, 0.5) is 5.69 Å². The van der Waals surface area contributed by atoms with Crippen LogP contribution in [-0.2, 0) is 11.2 Å². The molecule has 0 spiro atoms. The zero-order valence-electron chi connectivity index (χ0n) is 14.5. The lowest BCUT2D eigenvalue weighted by atomic mass is 10.1. The number of carbonyl (C=O) groups excluding carboxylic acids is 2. The predicted molar refractivity (Wildman–Crippen MR) is 94.9 cm³/mol. The minimum atomic E-state index is -0.183. The van der Waals surface area contributed by atoms with E-state index in [0.717, 1.165) is 15.6 Å². The van der Waals surface area contributed by atoms with Crippen LogP contribution in [0.25, 0.3) is 0 Å². The molecule has 0 saturated carbocycles. The Labute approximate surface area is 145 Å². The first-order valence-corrected chi connectivity index (χ1v) is 8.26. The molecule has 0 aliphatic heterocycles. The highest BCUT2D eigenvalue weighted by atomic mass is 32.1. The Kier molecular flexibility index (Phi) is 5.56. The number of nitrogens with one attached hydrogen (secondary N) is 1. The molecule has 0 atom stereocenters. The van der Waals surface area contributed by atoms with E-state index in [9.17, 15) is 9.59 Å². The van der Waals surface area contributed by atoms with Crippen molar-refractivity contribution in [2.75, 3.05) is 26.5 Å². The molecule has 0 saturated heterocycles. The third kappa shape index (κ3) is 4.11. The van der Waals surface area contributed by atoms with Gasteiger partial charge < -0.3 is 15.0 Å². The zero-order chi connectivity index (χ0) is 17.9. The molecular weight excluding hydrogens is 326 g/mol. The monoisotopic (exact) mass is 347 g/mol. The number of hydrogen-bond acceptors (Lipinski definition) is 5. The number of benzene rings is 1. The van der Waals surface area contributed by atoms with Gasteiger partial charge >= 0.3 is 0 Å². The number of ether oxygens (including phenoxy) is 1. The average molecular weight is 347 g/mol. The van der Waals surface area contributed by atoms with Crippen molar-refractivity contribution >= 4 is 28.8 Å². The van der Waals surface area contributed by atoms with Crippen molar-refractivity contribution in [1.82, 2.24) is 9.88 Å². The standard InChI is InChI=1S/C17H21N3O3S/c1-10-15(24-11(2)18-10)9-16(21)19-12-6-7-14(23-5)13(8-12)17(22)20(3)4/h6-8H,9H2,1-5H3,(H,19,21). The topological polar surface area (TPSA) is 71.5 Å². The van der Waals surface area contributed by atoms with Crippen molar-refractivity contribution in [3.8, 4) is 5.75 Å². The molecule has 1 aromatic heterocycles. The van der Waals surface area contributed by atoms with E-state index >= 15 is 0 Å². The molecule has 6 nitrogen and oxygen atoms in total. The quantitative estimate of drug-likeness (QED) is 0.902. The fourth-order valence-corrected chi connectivity index (χ4v) is 3.22. The third-order valence-corrected chi connectivity index (χ3v) is 4.51. The first-order valence-electron chi connectivity index (χ1n) is 7.44. The first kappa shape index (κ1) is 17.9. The predicted octanol–water partition coefficient (Wildman–Crippen LogP) is 2.65. The van der Waals surface area contributed by atoms with E-state index in [-0.39, 0.29) is 18.2 Å². The molecule has 128 valence electrons. The van der Waals surface area contributed by atoms with Gasteiger partial charge in [-0.3, -0.25) is 9.59 Å². The van der Waals surface area contributed by atoms with E-state index in [1.54, 1.807) is 32.3 Å². The van der Waals surface area contributed by atoms with Gasteiger partial charge in [0.25, 0.3) is 5.91 Å². The number of rotatable bonds is 5. The molecule has 0 aliphatic rings. The minimum absolute atomic E-state index is 0.143. The van der Waals surface area contributed by atoms with Gasteiger partial charge in [0, 0.05) is 24.7 Å². The van der Waals surface area contributed by atoms with Gasteiger partial charge in [0.2, 0.25) is 5.91 Å². The van der Waals surface area contributed by atoms with E-state index < -0.39 is 0 Å². The summed E-state index contributed by atoms with van der Waals surface area (Å²) in [5, 5.41) is 3.77. The van der Waals surface area contributed by atoms with Gasteiger partial charge in [-0.25, -0.2) is 4.98 Å². The smallest absolute Gasteiger partial charge is 0.257 e. The average Bonchev–Trinajstić information content (AvgIpc) is 2.83. The van der Waals surface area contributed by atoms with Crippen molar-refractivity contribution in [3.63, 3.8) is 0 Å². The molecule has 7 heteroatoms. The van der Waals surface area contributed by atoms with E-state index in [4.69, 9.17) is 4.74 Å². The third-order valence-electron chi connectivity index (χ3n) is 3.44. The van der Waals surface area contributed by atoms with E-state index in [2.05, 4.69) is 10.3 Å². The molecule has 0 aliphatic carbocycles. The van der Waals surface area contributed by atoms with Gasteiger partial charge in [-0.1, -0.05) is 0 Å². The largest absolute Gasteiger partial charge is 0.496 e. The Bertz CT molecular complexity index is 768. The summed E-state index contributed by atoms with van der Waals surface area (Å²) in [5.74, 6) is 0.146. The number of hydrogen-bond donors (Lipinski definition) is 1. The second-order valence-corrected chi connectivity index (χ2v) is 6.87. The molecule has 24 heavy (non-hydrogen) atoms. The van der Waals surface area contributed by atoms with Gasteiger partial charge in [-0.05, 0) is 32.0 Å². The van der Waals surface area contributed by atoms with Gasteiger partial charge in [-0.15, -0.1) is 11.3 Å². The summed E-state index contributed by atoms with van der Waals surface area (Å²) in [5.41, 5.74) is 1.85. The molecule has 1 heterocycles. The number of nitrogens with zero attached hydrogens (tertiary/aromatic N) is 2. The first-order chi connectivity index (χ1) is 11.3. The fourth-order valence-electron chi connectivity index (χ4n) is 2.28. The lowest BCUT2D eigenvalue weighted by molar-refractivity contribution is -0.115. The maximum Gasteiger partial charge on any atom is 0.257 e. The summed E-state index contributed by atoms with van der Waals surface area (Å²) in [6.45, 7) is 3.81. The summed E-state index contributed by atoms with van der Waals surface area (Å²) in [7, 11) is 4.85. The van der Waals surface area contributed by atoms with Crippen LogP contribution in [0, 0.1) is 13.8 Å². The van der Waals surface area contributed by atoms with E-state index in [1.807, 2.05) is 13.8 Å². The number of anilines is 1. The Morgan fingerprint density at radius 1 is 1.29 bits per heavy atom. The lowest BCUT2D eigenvalue weighted by Gasteiger charge is -2.15. The van der Waals surface area contributed by atoms with Crippen molar-refractivity contribution in [3.05, 3.63) is 39.3 Å². The van der Waals surface area contributed by atoms with Crippen LogP contribution in [0.2, 0.25) is 0 Å². The van der Waals surface area contributed by atoms with Gasteiger partial charge in [-0.2, -0.15) is 0 Å². The number of amides is 2. The highest BCUT2D eigenvalue weighted by Gasteiger charge is 2.16. The van der Waals surface area contributed by atoms with Crippen LogP contribution >= 0.6 is 11.3 Å². The van der Waals surface area contributed by atoms with E-state index in [1.165, 1.54) is 23.3 Å². The Hall–Kier alpha value is -2.41. The molecule has 0 radical (unpaired) electrons. The van der Waals surface area contributed by atoms with Gasteiger partial charge in [0.15, 0.2) is 0 Å². The van der Waals surface area contributed by atoms with Crippen LogP contribution in [0.5, 0.6) is 5.75 Å². The summed E-state index contributed by atoms with van der Waals surface area (Å²) in [6, 6.07) is 5.02. The van der Waals surface area contributed by atoms with E-state index in [0.29, 0.717) is 17.0 Å². The SMILES string of the molecule is COc1ccc(NC(=O)Cc2sc(C)nc2C)cc1C(=O)N(C)C. The van der Waals surface area contributed by atoms with Crippen molar-refractivity contribution in [1.29, 1.82) is 0 Å². The number of methoxy groups -OCH3 is 1. The van der Waals surface area contributed by atoms with Crippen LogP contribution in [0.1, 0.15) is 25.9 Å². The van der Waals surface area contributed by atoms with Crippen LogP contribution in [0.3, 0.4) is 0 Å². The van der Waals surface area contributed by atoms with Crippen LogP contribution < -0.4 is 10.1 Å². The highest BCUT2D eigenvalue weighted by molar-refractivity contribution is 7.11. The number of thiazole rings is 1. The molecule has 2 rings (SSSR count). The number of carbonyl (C=O) groups is 2. The molecule has 1 N–H and O–H groups in total. The van der Waals surface area contributed by atoms with Crippen molar-refractivity contribution < 1.29 is 14.3 Å². The Morgan fingerprint density at radius 2 is 2.00 bits per heavy atom. The maximum absolute atomic E-state index is 12.3. The summed E-state index contributed by atoms with van der Waals surface area (Å²) < 4.78 is 5.22. The number of aromatic nitrogens is 1. The summed E-state index contributed by atoms with van der Waals surface area (Å²) >= 11 is 1.52. The molecule has 0 unspecified atom stereocenters. The second-order valence-electron chi connectivity index (χ2n) is 5.58. The van der Waals surface area contributed by atoms with Crippen molar-refractivity contribution in [2.24, 2.45) is 0 Å². The molecule has 0 bridgehead atoms.